The lowest BCUT2D eigenvalue weighted by atomic mass is 10.1. The molecule has 2 amide bonds. The second-order valence-corrected chi connectivity index (χ2v) is 5.87. The van der Waals surface area contributed by atoms with E-state index in [1.54, 1.807) is 0 Å². The standard InChI is InChI=1S/C17H16BrFN2O2/c1-11(22)20-16-10-13(7-8-15(16)19)21-17(23)9-6-12-4-2-3-5-14(12)18/h2-5,7-8,10H,6,9H2,1H3,(H,20,22)(H,21,23). The van der Waals surface area contributed by atoms with Gasteiger partial charge in [0.1, 0.15) is 5.82 Å². The van der Waals surface area contributed by atoms with E-state index >= 15 is 0 Å². The number of nitrogens with one attached hydrogen (secondary N) is 2. The van der Waals surface area contributed by atoms with E-state index in [1.165, 1.54) is 25.1 Å². The molecule has 0 saturated carbocycles. The van der Waals surface area contributed by atoms with E-state index in [2.05, 4.69) is 26.6 Å². The van der Waals surface area contributed by atoms with Gasteiger partial charge in [0.2, 0.25) is 11.8 Å². The maximum absolute atomic E-state index is 13.5. The average Bonchev–Trinajstić information content (AvgIpc) is 2.49. The van der Waals surface area contributed by atoms with Crippen LogP contribution in [-0.2, 0) is 16.0 Å². The largest absolute Gasteiger partial charge is 0.326 e. The first-order valence-electron chi connectivity index (χ1n) is 7.06. The van der Waals surface area contributed by atoms with Crippen LogP contribution in [0.25, 0.3) is 0 Å². The number of aryl methyl sites for hydroxylation is 1. The van der Waals surface area contributed by atoms with Crippen molar-refractivity contribution in [1.82, 2.24) is 0 Å². The van der Waals surface area contributed by atoms with Crippen LogP contribution in [0.3, 0.4) is 0 Å². The fourth-order valence-electron chi connectivity index (χ4n) is 2.06. The molecule has 0 aliphatic carbocycles. The molecule has 0 radical (unpaired) electrons. The maximum Gasteiger partial charge on any atom is 0.224 e. The quantitative estimate of drug-likeness (QED) is 0.821. The molecule has 0 aliphatic heterocycles. The summed E-state index contributed by atoms with van der Waals surface area (Å²) in [5.41, 5.74) is 1.52. The summed E-state index contributed by atoms with van der Waals surface area (Å²) in [6.45, 7) is 1.29. The second-order valence-electron chi connectivity index (χ2n) is 5.02. The van der Waals surface area contributed by atoms with E-state index in [1.807, 2.05) is 24.3 Å². The molecule has 0 atom stereocenters. The van der Waals surface area contributed by atoms with Crippen LogP contribution in [-0.4, -0.2) is 11.8 Å². The highest BCUT2D eigenvalue weighted by molar-refractivity contribution is 9.10. The number of amides is 2. The van der Waals surface area contributed by atoms with Crippen LogP contribution in [0.4, 0.5) is 15.8 Å². The normalized spacial score (nSPS) is 10.2. The van der Waals surface area contributed by atoms with Gasteiger partial charge in [-0.1, -0.05) is 34.1 Å². The number of halogens is 2. The van der Waals surface area contributed by atoms with Gasteiger partial charge in [-0.15, -0.1) is 0 Å². The molecule has 0 fully saturated rings. The Labute approximate surface area is 142 Å². The zero-order valence-corrected chi connectivity index (χ0v) is 14.1. The third kappa shape index (κ3) is 5.17. The smallest absolute Gasteiger partial charge is 0.224 e. The Hall–Kier alpha value is -2.21. The van der Waals surface area contributed by atoms with Crippen molar-refractivity contribution in [3.05, 3.63) is 58.3 Å². The number of carbonyl (C=O) groups excluding carboxylic acids is 2. The van der Waals surface area contributed by atoms with Crippen molar-refractivity contribution in [3.8, 4) is 0 Å². The molecule has 0 spiro atoms. The summed E-state index contributed by atoms with van der Waals surface area (Å²) < 4.78 is 14.5. The Morgan fingerprint density at radius 2 is 1.87 bits per heavy atom. The molecule has 6 heteroatoms. The molecule has 2 rings (SSSR count). The number of anilines is 2. The molecule has 23 heavy (non-hydrogen) atoms. The minimum Gasteiger partial charge on any atom is -0.326 e. The summed E-state index contributed by atoms with van der Waals surface area (Å²) in [4.78, 5) is 23.0. The van der Waals surface area contributed by atoms with Crippen LogP contribution in [0.15, 0.2) is 46.9 Å². The SMILES string of the molecule is CC(=O)Nc1cc(NC(=O)CCc2ccccc2Br)ccc1F. The summed E-state index contributed by atoms with van der Waals surface area (Å²) in [7, 11) is 0. The summed E-state index contributed by atoms with van der Waals surface area (Å²) in [6, 6.07) is 11.8. The van der Waals surface area contributed by atoms with Gasteiger partial charge < -0.3 is 10.6 Å². The van der Waals surface area contributed by atoms with Crippen molar-refractivity contribution in [1.29, 1.82) is 0 Å². The zero-order chi connectivity index (χ0) is 16.8. The lowest BCUT2D eigenvalue weighted by Crippen LogP contribution is -2.13. The van der Waals surface area contributed by atoms with Crippen molar-refractivity contribution < 1.29 is 14.0 Å². The highest BCUT2D eigenvalue weighted by Crippen LogP contribution is 2.21. The molecule has 0 bridgehead atoms. The lowest BCUT2D eigenvalue weighted by Gasteiger charge is -2.09. The number of rotatable bonds is 5. The molecule has 0 aromatic heterocycles. The monoisotopic (exact) mass is 378 g/mol. The van der Waals surface area contributed by atoms with E-state index in [0.29, 0.717) is 18.5 Å². The van der Waals surface area contributed by atoms with Crippen LogP contribution in [0.2, 0.25) is 0 Å². The van der Waals surface area contributed by atoms with Crippen LogP contribution in [0.5, 0.6) is 0 Å². The summed E-state index contributed by atoms with van der Waals surface area (Å²) in [5, 5.41) is 5.08. The van der Waals surface area contributed by atoms with Crippen LogP contribution >= 0.6 is 15.9 Å². The summed E-state index contributed by atoms with van der Waals surface area (Å²) in [5.74, 6) is -1.10. The molecule has 2 N–H and O–H groups in total. The third-order valence-corrected chi connectivity index (χ3v) is 3.91. The number of hydrogen-bond acceptors (Lipinski definition) is 2. The lowest BCUT2D eigenvalue weighted by molar-refractivity contribution is -0.116. The first kappa shape index (κ1) is 17.1. The van der Waals surface area contributed by atoms with Gasteiger partial charge in [-0.3, -0.25) is 9.59 Å². The van der Waals surface area contributed by atoms with Crippen molar-refractivity contribution in [2.75, 3.05) is 10.6 Å². The van der Waals surface area contributed by atoms with E-state index in [0.717, 1.165) is 10.0 Å². The molecule has 2 aromatic rings. The van der Waals surface area contributed by atoms with Crippen molar-refractivity contribution in [2.24, 2.45) is 0 Å². The first-order chi connectivity index (χ1) is 11.0. The molecule has 120 valence electrons. The molecular formula is C17H16BrFN2O2. The Morgan fingerprint density at radius 1 is 1.13 bits per heavy atom. The van der Waals surface area contributed by atoms with E-state index in [4.69, 9.17) is 0 Å². The van der Waals surface area contributed by atoms with Gasteiger partial charge >= 0.3 is 0 Å². The Kier molecular flexibility index (Phi) is 5.87. The molecular weight excluding hydrogens is 363 g/mol. The number of hydrogen-bond donors (Lipinski definition) is 2. The van der Waals surface area contributed by atoms with Gasteiger partial charge in [-0.25, -0.2) is 4.39 Å². The second kappa shape index (κ2) is 7.87. The topological polar surface area (TPSA) is 58.2 Å². The fraction of sp³-hybridized carbons (Fsp3) is 0.176. The Bertz CT molecular complexity index is 734. The molecule has 0 aliphatic rings. The van der Waals surface area contributed by atoms with Gasteiger partial charge in [0, 0.05) is 23.5 Å². The molecule has 4 nitrogen and oxygen atoms in total. The average molecular weight is 379 g/mol. The van der Waals surface area contributed by atoms with Gasteiger partial charge in [0.25, 0.3) is 0 Å². The zero-order valence-electron chi connectivity index (χ0n) is 12.5. The van der Waals surface area contributed by atoms with Gasteiger partial charge in [-0.05, 0) is 36.2 Å². The third-order valence-electron chi connectivity index (χ3n) is 3.14. The van der Waals surface area contributed by atoms with E-state index < -0.39 is 5.82 Å². The number of carbonyl (C=O) groups is 2. The Morgan fingerprint density at radius 3 is 2.57 bits per heavy atom. The van der Waals surface area contributed by atoms with Crippen molar-refractivity contribution in [2.45, 2.75) is 19.8 Å². The predicted molar refractivity (Wildman–Crippen MR) is 91.8 cm³/mol. The fourth-order valence-corrected chi connectivity index (χ4v) is 2.54. The number of benzene rings is 2. The van der Waals surface area contributed by atoms with Crippen molar-refractivity contribution in [3.63, 3.8) is 0 Å². The highest BCUT2D eigenvalue weighted by Gasteiger charge is 2.09. The first-order valence-corrected chi connectivity index (χ1v) is 7.85. The van der Waals surface area contributed by atoms with Crippen LogP contribution in [0.1, 0.15) is 18.9 Å². The highest BCUT2D eigenvalue weighted by atomic mass is 79.9. The minimum atomic E-state index is -0.550. The van der Waals surface area contributed by atoms with Crippen LogP contribution in [0, 0.1) is 5.82 Å². The predicted octanol–water partition coefficient (Wildman–Crippen LogP) is 4.12. The van der Waals surface area contributed by atoms with E-state index in [-0.39, 0.29) is 17.5 Å². The van der Waals surface area contributed by atoms with Gasteiger partial charge in [0.05, 0.1) is 5.69 Å². The van der Waals surface area contributed by atoms with Gasteiger partial charge in [-0.2, -0.15) is 0 Å². The van der Waals surface area contributed by atoms with Crippen LogP contribution < -0.4 is 10.6 Å². The maximum atomic E-state index is 13.5. The minimum absolute atomic E-state index is 0.0427. The van der Waals surface area contributed by atoms with E-state index in [9.17, 15) is 14.0 Å². The van der Waals surface area contributed by atoms with Gasteiger partial charge in [0.15, 0.2) is 0 Å². The van der Waals surface area contributed by atoms with Crippen molar-refractivity contribution >= 4 is 39.1 Å². The molecule has 0 saturated heterocycles. The Balaban J connectivity index is 1.97. The summed E-state index contributed by atoms with van der Waals surface area (Å²) in [6.07, 6.45) is 0.891. The molecule has 2 aromatic carbocycles. The molecule has 0 heterocycles. The summed E-state index contributed by atoms with van der Waals surface area (Å²) >= 11 is 3.44. The molecule has 0 unspecified atom stereocenters.